The van der Waals surface area contributed by atoms with Gasteiger partial charge in [-0.3, -0.25) is 9.59 Å². The lowest BCUT2D eigenvalue weighted by Gasteiger charge is -2.28. The Balaban J connectivity index is 1.40. The van der Waals surface area contributed by atoms with Crippen molar-refractivity contribution in [2.24, 2.45) is 5.92 Å². The van der Waals surface area contributed by atoms with Crippen LogP contribution in [0.15, 0.2) is 66.7 Å². The van der Waals surface area contributed by atoms with Crippen LogP contribution < -0.4 is 16.0 Å². The van der Waals surface area contributed by atoms with Crippen molar-refractivity contribution in [2.45, 2.75) is 19.8 Å². The van der Waals surface area contributed by atoms with Crippen LogP contribution >= 0.6 is 0 Å². The lowest BCUT2D eigenvalue weighted by molar-refractivity contribution is -0.110. The molecule has 0 unspecified atom stereocenters. The Morgan fingerprint density at radius 1 is 1.00 bits per heavy atom. The number of carboxylic acid groups (broad SMARTS) is 1. The first-order valence-electron chi connectivity index (χ1n) is 13.1. The summed E-state index contributed by atoms with van der Waals surface area (Å²) in [5.41, 5.74) is 4.92. The van der Waals surface area contributed by atoms with Gasteiger partial charge in [0.25, 0.3) is 11.8 Å². The Hall–Kier alpha value is -4.43. The van der Waals surface area contributed by atoms with Crippen molar-refractivity contribution in [1.82, 2.24) is 10.2 Å². The molecular formula is C31H32N4O4. The molecule has 200 valence electrons. The molecule has 3 aromatic carbocycles. The maximum Gasteiger partial charge on any atom is 0.336 e. The molecule has 1 saturated heterocycles. The number of hydrogen-bond donors (Lipinski definition) is 4. The van der Waals surface area contributed by atoms with E-state index in [1.165, 1.54) is 6.07 Å². The van der Waals surface area contributed by atoms with Crippen molar-refractivity contribution < 1.29 is 19.5 Å². The second-order valence-corrected chi connectivity index (χ2v) is 10.2. The fourth-order valence-corrected chi connectivity index (χ4v) is 5.14. The summed E-state index contributed by atoms with van der Waals surface area (Å²) in [6.07, 6.45) is 2.18. The molecule has 8 nitrogen and oxygen atoms in total. The minimum atomic E-state index is -1.04. The van der Waals surface area contributed by atoms with Crippen LogP contribution in [0.4, 0.5) is 11.4 Å². The third-order valence-electron chi connectivity index (χ3n) is 7.46. The molecule has 8 heteroatoms. The van der Waals surface area contributed by atoms with Gasteiger partial charge in [0.2, 0.25) is 0 Å². The molecule has 0 saturated carbocycles. The molecule has 4 N–H and O–H groups in total. The molecule has 2 aliphatic heterocycles. The van der Waals surface area contributed by atoms with Crippen molar-refractivity contribution >= 4 is 40.4 Å². The summed E-state index contributed by atoms with van der Waals surface area (Å²) in [5.74, 6) is -0.959. The van der Waals surface area contributed by atoms with E-state index in [2.05, 4.69) is 27.9 Å². The Morgan fingerprint density at radius 2 is 1.69 bits per heavy atom. The maximum atomic E-state index is 13.2. The number of anilines is 2. The van der Waals surface area contributed by atoms with E-state index in [4.69, 9.17) is 0 Å². The van der Waals surface area contributed by atoms with Crippen LogP contribution in [-0.4, -0.2) is 54.5 Å². The van der Waals surface area contributed by atoms with Crippen LogP contribution in [0.3, 0.4) is 0 Å². The Labute approximate surface area is 227 Å². The highest BCUT2D eigenvalue weighted by atomic mass is 16.4. The number of hydrogen-bond acceptors (Lipinski definition) is 5. The lowest BCUT2D eigenvalue weighted by Crippen LogP contribution is -2.36. The number of rotatable bonds is 7. The van der Waals surface area contributed by atoms with E-state index in [0.717, 1.165) is 31.5 Å². The zero-order valence-corrected chi connectivity index (χ0v) is 22.1. The van der Waals surface area contributed by atoms with E-state index in [1.54, 1.807) is 25.1 Å². The molecule has 1 fully saturated rings. The molecule has 0 bridgehead atoms. The highest BCUT2D eigenvalue weighted by Crippen LogP contribution is 2.39. The van der Waals surface area contributed by atoms with Crippen LogP contribution in [0.5, 0.6) is 0 Å². The van der Waals surface area contributed by atoms with E-state index in [1.807, 2.05) is 42.5 Å². The molecule has 5 rings (SSSR count). The molecule has 0 spiro atoms. The maximum absolute atomic E-state index is 13.2. The van der Waals surface area contributed by atoms with Crippen molar-refractivity contribution in [3.8, 4) is 0 Å². The van der Waals surface area contributed by atoms with Crippen molar-refractivity contribution in [1.29, 1.82) is 0 Å². The second-order valence-electron chi connectivity index (χ2n) is 10.2. The second kappa shape index (κ2) is 11.1. The van der Waals surface area contributed by atoms with Gasteiger partial charge in [0.15, 0.2) is 0 Å². The molecule has 3 aromatic rings. The SMILES string of the molecule is Cc1cc2c(cc1C(=O)O)NC(=O)/C2=C(/Nc1ccc(C(=O)NCC2CCN(C)CC2)cc1)c1ccccc1. The predicted octanol–water partition coefficient (Wildman–Crippen LogP) is 4.70. The monoisotopic (exact) mass is 524 g/mol. The number of fused-ring (bicyclic) bond motifs is 1. The molecule has 0 atom stereocenters. The van der Waals surface area contributed by atoms with E-state index < -0.39 is 5.97 Å². The Bertz CT molecular complexity index is 1440. The van der Waals surface area contributed by atoms with Crippen LogP contribution in [0, 0.1) is 12.8 Å². The molecule has 2 aliphatic rings. The summed E-state index contributed by atoms with van der Waals surface area (Å²) in [5, 5.41) is 18.8. The number of benzene rings is 3. The van der Waals surface area contributed by atoms with Gasteiger partial charge < -0.3 is 26.0 Å². The number of piperidine rings is 1. The number of carbonyl (C=O) groups is 3. The van der Waals surface area contributed by atoms with Gasteiger partial charge in [-0.25, -0.2) is 4.79 Å². The molecule has 0 aliphatic carbocycles. The first-order valence-corrected chi connectivity index (χ1v) is 13.1. The third kappa shape index (κ3) is 5.71. The smallest absolute Gasteiger partial charge is 0.336 e. The van der Waals surface area contributed by atoms with Gasteiger partial charge in [-0.05, 0) is 93.3 Å². The standard InChI is InChI=1S/C31H32N4O4/c1-19-16-25-26(17-24(19)31(38)39)34-30(37)27(25)28(21-6-4-3-5-7-21)33-23-10-8-22(9-11-23)29(36)32-18-20-12-14-35(2)15-13-20/h3-11,16-17,20,33H,12-15,18H2,1-2H3,(H,32,36)(H,34,37)(H,38,39)/b28-27+. The molecule has 0 aromatic heterocycles. The van der Waals surface area contributed by atoms with Gasteiger partial charge in [0.1, 0.15) is 0 Å². The predicted molar refractivity (Wildman–Crippen MR) is 153 cm³/mol. The van der Waals surface area contributed by atoms with Crippen LogP contribution in [-0.2, 0) is 4.79 Å². The van der Waals surface area contributed by atoms with Crippen molar-refractivity contribution in [2.75, 3.05) is 37.3 Å². The van der Waals surface area contributed by atoms with Crippen molar-refractivity contribution in [3.63, 3.8) is 0 Å². The first-order chi connectivity index (χ1) is 18.8. The number of carboxylic acids is 1. The average Bonchev–Trinajstić information content (AvgIpc) is 3.25. The number of aromatic carboxylic acids is 1. The Kier molecular flexibility index (Phi) is 7.47. The van der Waals surface area contributed by atoms with Crippen LogP contribution in [0.25, 0.3) is 11.3 Å². The number of carbonyl (C=O) groups excluding carboxylic acids is 2. The zero-order valence-electron chi connectivity index (χ0n) is 22.1. The molecule has 2 heterocycles. The number of amides is 2. The fourth-order valence-electron chi connectivity index (χ4n) is 5.14. The largest absolute Gasteiger partial charge is 0.478 e. The third-order valence-corrected chi connectivity index (χ3v) is 7.46. The van der Waals surface area contributed by atoms with E-state index in [-0.39, 0.29) is 17.4 Å². The quantitative estimate of drug-likeness (QED) is 0.334. The number of nitrogens with zero attached hydrogens (tertiary/aromatic N) is 1. The molecule has 39 heavy (non-hydrogen) atoms. The van der Waals surface area contributed by atoms with E-state index in [0.29, 0.717) is 51.8 Å². The zero-order chi connectivity index (χ0) is 27.5. The highest BCUT2D eigenvalue weighted by molar-refractivity contribution is 6.37. The summed E-state index contributed by atoms with van der Waals surface area (Å²) in [7, 11) is 2.12. The van der Waals surface area contributed by atoms with Gasteiger partial charge >= 0.3 is 5.97 Å². The Morgan fingerprint density at radius 3 is 2.36 bits per heavy atom. The summed E-state index contributed by atoms with van der Waals surface area (Å²) in [6.45, 7) is 4.51. The first kappa shape index (κ1) is 26.2. The van der Waals surface area contributed by atoms with Gasteiger partial charge in [0, 0.05) is 23.4 Å². The van der Waals surface area contributed by atoms with E-state index in [9.17, 15) is 19.5 Å². The van der Waals surface area contributed by atoms with Crippen molar-refractivity contribution in [3.05, 3.63) is 94.5 Å². The summed E-state index contributed by atoms with van der Waals surface area (Å²) in [6, 6.07) is 19.9. The number of aryl methyl sites for hydroxylation is 1. The van der Waals surface area contributed by atoms with E-state index >= 15 is 0 Å². The summed E-state index contributed by atoms with van der Waals surface area (Å²) < 4.78 is 0. The average molecular weight is 525 g/mol. The summed E-state index contributed by atoms with van der Waals surface area (Å²) >= 11 is 0. The van der Waals surface area contributed by atoms with Gasteiger partial charge in [-0.1, -0.05) is 30.3 Å². The molecule has 2 amide bonds. The summed E-state index contributed by atoms with van der Waals surface area (Å²) in [4.78, 5) is 39.9. The minimum absolute atomic E-state index is 0.101. The topological polar surface area (TPSA) is 111 Å². The van der Waals surface area contributed by atoms with Gasteiger partial charge in [-0.15, -0.1) is 0 Å². The molecule has 0 radical (unpaired) electrons. The fraction of sp³-hybridized carbons (Fsp3) is 0.258. The number of likely N-dealkylation sites (tertiary alicyclic amines) is 1. The van der Waals surface area contributed by atoms with Gasteiger partial charge in [-0.2, -0.15) is 0 Å². The molecular weight excluding hydrogens is 492 g/mol. The highest BCUT2D eigenvalue weighted by Gasteiger charge is 2.30. The van der Waals surface area contributed by atoms with Crippen LogP contribution in [0.2, 0.25) is 0 Å². The lowest BCUT2D eigenvalue weighted by atomic mass is 9.96. The number of nitrogens with one attached hydrogen (secondary N) is 3. The van der Waals surface area contributed by atoms with Gasteiger partial charge in [0.05, 0.1) is 22.5 Å². The van der Waals surface area contributed by atoms with Crippen LogP contribution in [0.1, 0.15) is 50.2 Å². The minimum Gasteiger partial charge on any atom is -0.478 e. The normalized spacial score (nSPS) is 16.8.